The number of carbonyl (C=O) groups excluding carboxylic acids is 1. The van der Waals surface area contributed by atoms with Crippen LogP contribution in [-0.4, -0.2) is 35.9 Å². The first-order valence-corrected chi connectivity index (χ1v) is 6.75. The number of rotatable bonds is 5. The maximum Gasteiger partial charge on any atom is 0.343 e. The molecule has 0 unspecified atom stereocenters. The Morgan fingerprint density at radius 2 is 2.09 bits per heavy atom. The van der Waals surface area contributed by atoms with E-state index in [1.807, 2.05) is 0 Å². The van der Waals surface area contributed by atoms with Crippen LogP contribution in [0.4, 0.5) is 5.69 Å². The average molecular weight is 347 g/mol. The lowest BCUT2D eigenvalue weighted by Gasteiger charge is -2.09. The van der Waals surface area contributed by atoms with Crippen molar-refractivity contribution in [3.8, 4) is 0 Å². The van der Waals surface area contributed by atoms with Crippen molar-refractivity contribution in [2.75, 3.05) is 13.7 Å². The lowest BCUT2D eigenvalue weighted by molar-refractivity contribution is -0.384. The largest absolute Gasteiger partial charge is 0.506 e. The quantitative estimate of drug-likeness (QED) is 0.220. The third-order valence-corrected chi connectivity index (χ3v) is 3.11. The van der Waals surface area contributed by atoms with Crippen LogP contribution >= 0.6 is 23.2 Å². The topological polar surface area (TPSA) is 102 Å². The molecule has 1 rings (SSSR count). The summed E-state index contributed by atoms with van der Waals surface area (Å²) in [7, 11) is 1.39. The molecular weight excluding hydrogens is 335 g/mol. The van der Waals surface area contributed by atoms with Crippen LogP contribution in [0.15, 0.2) is 22.7 Å². The minimum atomic E-state index is -0.834. The third-order valence-electron chi connectivity index (χ3n) is 2.50. The molecule has 0 heterocycles. The molecule has 0 radical (unpaired) electrons. The van der Waals surface area contributed by atoms with Crippen LogP contribution in [0.1, 0.15) is 12.5 Å². The molecule has 0 aliphatic rings. The highest BCUT2D eigenvalue weighted by atomic mass is 35.5. The Morgan fingerprint density at radius 3 is 2.59 bits per heavy atom. The van der Waals surface area contributed by atoms with Gasteiger partial charge in [0.15, 0.2) is 0 Å². The minimum absolute atomic E-state index is 0.0561. The zero-order valence-electron chi connectivity index (χ0n) is 11.7. The van der Waals surface area contributed by atoms with Crippen molar-refractivity contribution < 1.29 is 19.6 Å². The summed E-state index contributed by atoms with van der Waals surface area (Å²) in [6.45, 7) is 1.68. The molecule has 7 nitrogen and oxygen atoms in total. The van der Waals surface area contributed by atoms with Gasteiger partial charge < -0.3 is 9.84 Å². The number of hydrogen-bond acceptors (Lipinski definition) is 6. The van der Waals surface area contributed by atoms with Gasteiger partial charge in [0.05, 0.1) is 16.6 Å². The first-order chi connectivity index (χ1) is 10.3. The number of nitrogens with zero attached hydrogens (tertiary/aromatic N) is 2. The summed E-state index contributed by atoms with van der Waals surface area (Å²) < 4.78 is 4.79. The monoisotopic (exact) mass is 346 g/mol. The molecule has 0 amide bonds. The van der Waals surface area contributed by atoms with Gasteiger partial charge in [-0.1, -0.05) is 23.2 Å². The molecule has 9 heteroatoms. The van der Waals surface area contributed by atoms with Gasteiger partial charge in [0, 0.05) is 24.9 Å². The highest BCUT2D eigenvalue weighted by Gasteiger charge is 2.22. The van der Waals surface area contributed by atoms with Gasteiger partial charge in [-0.05, 0) is 13.0 Å². The lowest BCUT2D eigenvalue weighted by atomic mass is 10.1. The molecule has 22 heavy (non-hydrogen) atoms. The number of esters is 1. The van der Waals surface area contributed by atoms with Crippen LogP contribution in [0.2, 0.25) is 10.0 Å². The van der Waals surface area contributed by atoms with Crippen molar-refractivity contribution >= 4 is 46.8 Å². The number of aliphatic hydroxyl groups excluding tert-OH is 1. The van der Waals surface area contributed by atoms with Crippen LogP contribution in [-0.2, 0) is 9.53 Å². The maximum atomic E-state index is 11.8. The Kier molecular flexibility index (Phi) is 6.33. The van der Waals surface area contributed by atoms with Crippen molar-refractivity contribution in [3.63, 3.8) is 0 Å². The van der Waals surface area contributed by atoms with Gasteiger partial charge in [-0.25, -0.2) is 4.79 Å². The molecule has 1 N–H and O–H groups in total. The molecule has 0 aromatic heterocycles. The molecular formula is C13H12Cl2N2O5. The number of halogens is 2. The molecule has 118 valence electrons. The highest BCUT2D eigenvalue weighted by Crippen LogP contribution is 2.34. The predicted molar refractivity (Wildman–Crippen MR) is 83.7 cm³/mol. The van der Waals surface area contributed by atoms with Crippen molar-refractivity contribution in [2.45, 2.75) is 6.92 Å². The second kappa shape index (κ2) is 7.77. The molecule has 0 saturated heterocycles. The first kappa shape index (κ1) is 17.9. The van der Waals surface area contributed by atoms with E-state index in [1.54, 1.807) is 6.92 Å². The molecule has 0 bridgehead atoms. The molecule has 1 aromatic carbocycles. The van der Waals surface area contributed by atoms with Crippen LogP contribution in [0.5, 0.6) is 0 Å². The van der Waals surface area contributed by atoms with Gasteiger partial charge in [-0.3, -0.25) is 15.1 Å². The number of benzene rings is 1. The Bertz CT molecular complexity index is 671. The second-order valence-corrected chi connectivity index (χ2v) is 4.73. The van der Waals surface area contributed by atoms with Gasteiger partial charge in [0.25, 0.3) is 5.69 Å². The Morgan fingerprint density at radius 1 is 1.45 bits per heavy atom. The summed E-state index contributed by atoms with van der Waals surface area (Å²) in [5.41, 5.74) is -0.854. The van der Waals surface area contributed by atoms with E-state index in [0.717, 1.165) is 18.3 Å². The van der Waals surface area contributed by atoms with Crippen molar-refractivity contribution in [1.29, 1.82) is 0 Å². The number of aliphatic imine (C=N–C) groups is 1. The van der Waals surface area contributed by atoms with Crippen molar-refractivity contribution in [2.24, 2.45) is 4.99 Å². The fourth-order valence-electron chi connectivity index (χ4n) is 1.55. The van der Waals surface area contributed by atoms with Gasteiger partial charge in [-0.15, -0.1) is 0 Å². The number of ether oxygens (including phenoxy) is 1. The van der Waals surface area contributed by atoms with E-state index in [4.69, 9.17) is 27.9 Å². The lowest BCUT2D eigenvalue weighted by Crippen LogP contribution is -2.11. The number of carbonyl (C=O) groups is 1. The fraction of sp³-hybridized carbons (Fsp3) is 0.231. The average Bonchev–Trinajstić information content (AvgIpc) is 2.44. The summed E-state index contributed by atoms with van der Waals surface area (Å²) in [4.78, 5) is 25.6. The smallest absolute Gasteiger partial charge is 0.343 e. The summed E-state index contributed by atoms with van der Waals surface area (Å²) in [6, 6.07) is 2.08. The van der Waals surface area contributed by atoms with E-state index in [1.165, 1.54) is 7.05 Å². The van der Waals surface area contributed by atoms with Crippen molar-refractivity contribution in [1.82, 2.24) is 0 Å². The molecule has 0 saturated carbocycles. The van der Waals surface area contributed by atoms with E-state index in [-0.39, 0.29) is 27.8 Å². The first-order valence-electron chi connectivity index (χ1n) is 5.99. The summed E-state index contributed by atoms with van der Waals surface area (Å²) >= 11 is 11.6. The van der Waals surface area contributed by atoms with Gasteiger partial charge in [0.2, 0.25) is 0 Å². The minimum Gasteiger partial charge on any atom is -0.506 e. The predicted octanol–water partition coefficient (Wildman–Crippen LogP) is 3.43. The summed E-state index contributed by atoms with van der Waals surface area (Å²) in [6.07, 6.45) is 1.07. The van der Waals surface area contributed by atoms with E-state index >= 15 is 0 Å². The molecule has 1 aromatic rings. The molecule has 0 fully saturated rings. The van der Waals surface area contributed by atoms with Gasteiger partial charge >= 0.3 is 5.97 Å². The van der Waals surface area contributed by atoms with Crippen LogP contribution in [0, 0.1) is 10.1 Å². The summed E-state index contributed by atoms with van der Waals surface area (Å²) in [5.74, 6) is -1.42. The van der Waals surface area contributed by atoms with E-state index in [0.29, 0.717) is 0 Å². The number of nitro groups is 1. The number of hydrogen-bond donors (Lipinski definition) is 1. The standard InChI is InChI=1S/C13H12Cl2N2O5/c1-3-22-13(19)8(6-16-2)12(18)7-4-11(17(20)21)10(15)5-9(7)14/h4-6,18H,3H2,1-2H3/b12-8-,16-6?. The van der Waals surface area contributed by atoms with E-state index in [9.17, 15) is 20.0 Å². The van der Waals surface area contributed by atoms with Gasteiger partial charge in [0.1, 0.15) is 16.4 Å². The van der Waals surface area contributed by atoms with Crippen molar-refractivity contribution in [3.05, 3.63) is 43.4 Å². The number of aliphatic hydroxyl groups is 1. The summed E-state index contributed by atoms with van der Waals surface area (Å²) in [5, 5.41) is 20.9. The highest BCUT2D eigenvalue weighted by molar-refractivity contribution is 6.37. The SMILES string of the molecule is CCOC(=O)/C(C=NC)=C(\O)c1cc([N+](=O)[O-])c(Cl)cc1Cl. The number of nitro benzene ring substituents is 1. The third kappa shape index (κ3) is 3.96. The maximum absolute atomic E-state index is 11.8. The van der Waals surface area contributed by atoms with Crippen LogP contribution < -0.4 is 0 Å². The Hall–Kier alpha value is -2.12. The molecule has 0 atom stereocenters. The second-order valence-electron chi connectivity index (χ2n) is 3.91. The Labute approximate surface area is 136 Å². The Balaban J connectivity index is 3.55. The zero-order valence-corrected chi connectivity index (χ0v) is 13.2. The molecule has 0 aliphatic carbocycles. The van der Waals surface area contributed by atoms with Crippen LogP contribution in [0.25, 0.3) is 5.76 Å². The fourth-order valence-corrected chi connectivity index (χ4v) is 2.09. The van der Waals surface area contributed by atoms with E-state index in [2.05, 4.69) is 4.99 Å². The van der Waals surface area contributed by atoms with Crippen LogP contribution in [0.3, 0.4) is 0 Å². The van der Waals surface area contributed by atoms with Gasteiger partial charge in [-0.2, -0.15) is 0 Å². The van der Waals surface area contributed by atoms with E-state index < -0.39 is 22.3 Å². The molecule has 0 spiro atoms. The normalized spacial score (nSPS) is 12.2. The zero-order chi connectivity index (χ0) is 16.9. The molecule has 0 aliphatic heterocycles.